The van der Waals surface area contributed by atoms with E-state index in [1.807, 2.05) is 0 Å². The Morgan fingerprint density at radius 2 is 2.06 bits per heavy atom. The highest BCUT2D eigenvalue weighted by Gasteiger charge is 2.17. The topological polar surface area (TPSA) is 70.5 Å². The lowest BCUT2D eigenvalue weighted by atomic mass is 10.1. The molecule has 90 valence electrons. The molecule has 17 heavy (non-hydrogen) atoms. The van der Waals surface area contributed by atoms with Crippen molar-refractivity contribution in [1.29, 1.82) is 0 Å². The Kier molecular flexibility index (Phi) is 3.10. The Hall–Kier alpha value is -1.88. The minimum absolute atomic E-state index is 0.300. The van der Waals surface area contributed by atoms with Gasteiger partial charge < -0.3 is 19.7 Å². The molecule has 0 aliphatic heterocycles. The van der Waals surface area contributed by atoms with Crippen molar-refractivity contribution in [2.45, 2.75) is 0 Å². The molecule has 0 saturated carbocycles. The van der Waals surface area contributed by atoms with Gasteiger partial charge in [-0.3, -0.25) is 0 Å². The largest absolute Gasteiger partial charge is 0.495 e. The molecule has 1 aromatic heterocycles. The number of methoxy groups -OCH3 is 2. The zero-order valence-electron chi connectivity index (χ0n) is 9.36. The van der Waals surface area contributed by atoms with Crippen molar-refractivity contribution in [3.05, 3.63) is 23.2 Å². The summed E-state index contributed by atoms with van der Waals surface area (Å²) in [5, 5.41) is 3.99. The minimum atomic E-state index is 0.300. The van der Waals surface area contributed by atoms with Crippen molar-refractivity contribution in [2.24, 2.45) is 0 Å². The second kappa shape index (κ2) is 4.55. The average Bonchev–Trinajstić information content (AvgIpc) is 2.75. The second-order valence-electron chi connectivity index (χ2n) is 3.28. The summed E-state index contributed by atoms with van der Waals surface area (Å²) in [5.74, 6) is 1.78. The smallest absolute Gasteiger partial charge is 0.172 e. The number of nitrogens with zero attached hydrogens (tertiary/aromatic N) is 1. The zero-order valence-corrected chi connectivity index (χ0v) is 10.1. The molecule has 0 atom stereocenters. The van der Waals surface area contributed by atoms with E-state index in [0.717, 1.165) is 0 Å². The monoisotopic (exact) mass is 254 g/mol. The van der Waals surface area contributed by atoms with E-state index < -0.39 is 0 Å². The van der Waals surface area contributed by atoms with Crippen molar-refractivity contribution >= 4 is 17.4 Å². The van der Waals surface area contributed by atoms with E-state index in [1.54, 1.807) is 18.2 Å². The number of nitrogens with two attached hydrogens (primary N) is 1. The standard InChI is InChI=1S/C11H11ClN2O3/c1-15-7-4-3-6(11(16-2)10(7)12)8-5-9(13)14-17-8/h3-5H,1-2H3,(H2,13,14). The van der Waals surface area contributed by atoms with Crippen molar-refractivity contribution < 1.29 is 14.0 Å². The number of hydrogen-bond donors (Lipinski definition) is 1. The molecule has 2 aromatic rings. The molecule has 0 aliphatic rings. The van der Waals surface area contributed by atoms with Gasteiger partial charge in [0.2, 0.25) is 0 Å². The first-order valence-corrected chi connectivity index (χ1v) is 5.18. The van der Waals surface area contributed by atoms with Crippen LogP contribution in [0.25, 0.3) is 11.3 Å². The van der Waals surface area contributed by atoms with Gasteiger partial charge in [-0.1, -0.05) is 16.8 Å². The maximum absolute atomic E-state index is 6.13. The molecule has 2 rings (SSSR count). The fourth-order valence-corrected chi connectivity index (χ4v) is 1.82. The maximum atomic E-state index is 6.13. The molecule has 0 spiro atoms. The van der Waals surface area contributed by atoms with Gasteiger partial charge in [0, 0.05) is 6.07 Å². The summed E-state index contributed by atoms with van der Waals surface area (Å²) < 4.78 is 15.4. The average molecular weight is 255 g/mol. The first-order chi connectivity index (χ1) is 8.17. The van der Waals surface area contributed by atoms with Crippen molar-refractivity contribution in [3.8, 4) is 22.8 Å². The van der Waals surface area contributed by atoms with Gasteiger partial charge >= 0.3 is 0 Å². The number of nitrogen functional groups attached to an aromatic ring is 1. The molecule has 0 unspecified atom stereocenters. The van der Waals surface area contributed by atoms with Gasteiger partial charge in [0.15, 0.2) is 17.3 Å². The highest BCUT2D eigenvalue weighted by molar-refractivity contribution is 6.34. The summed E-state index contributed by atoms with van der Waals surface area (Å²) in [7, 11) is 3.05. The van der Waals surface area contributed by atoms with Crippen LogP contribution in [0.2, 0.25) is 5.02 Å². The predicted octanol–water partition coefficient (Wildman–Crippen LogP) is 2.59. The molecule has 0 bridgehead atoms. The zero-order chi connectivity index (χ0) is 12.4. The molecule has 5 nitrogen and oxygen atoms in total. The summed E-state index contributed by atoms with van der Waals surface area (Å²) in [6.07, 6.45) is 0. The Morgan fingerprint density at radius 3 is 2.59 bits per heavy atom. The van der Waals surface area contributed by atoms with Crippen LogP contribution in [0, 0.1) is 0 Å². The second-order valence-corrected chi connectivity index (χ2v) is 3.66. The molecule has 0 aliphatic carbocycles. The molecule has 2 N–H and O–H groups in total. The lowest BCUT2D eigenvalue weighted by Crippen LogP contribution is -1.92. The number of halogens is 1. The van der Waals surface area contributed by atoms with E-state index in [-0.39, 0.29) is 0 Å². The molecule has 0 radical (unpaired) electrons. The van der Waals surface area contributed by atoms with Crippen LogP contribution in [0.1, 0.15) is 0 Å². The van der Waals surface area contributed by atoms with Gasteiger partial charge in [0.1, 0.15) is 10.8 Å². The Labute approximate surface area is 103 Å². The number of aromatic nitrogens is 1. The number of anilines is 1. The maximum Gasteiger partial charge on any atom is 0.172 e. The van der Waals surface area contributed by atoms with E-state index in [4.69, 9.17) is 31.3 Å². The summed E-state index contributed by atoms with van der Waals surface area (Å²) in [5.41, 5.74) is 6.17. The molecular weight excluding hydrogens is 244 g/mol. The van der Waals surface area contributed by atoms with E-state index >= 15 is 0 Å². The Bertz CT molecular complexity index is 540. The van der Waals surface area contributed by atoms with Gasteiger partial charge in [0.25, 0.3) is 0 Å². The Morgan fingerprint density at radius 1 is 1.29 bits per heavy atom. The van der Waals surface area contributed by atoms with Crippen LogP contribution in [0.5, 0.6) is 11.5 Å². The van der Waals surface area contributed by atoms with Crippen LogP contribution >= 0.6 is 11.6 Å². The highest BCUT2D eigenvalue weighted by atomic mass is 35.5. The number of ether oxygens (including phenoxy) is 2. The van der Waals surface area contributed by atoms with Crippen LogP contribution in [-0.2, 0) is 0 Å². The van der Waals surface area contributed by atoms with Crippen LogP contribution in [0.15, 0.2) is 22.7 Å². The first kappa shape index (κ1) is 11.6. The molecule has 0 fully saturated rings. The normalized spacial score (nSPS) is 10.3. The third-order valence-electron chi connectivity index (χ3n) is 2.28. The van der Waals surface area contributed by atoms with Gasteiger partial charge in [-0.2, -0.15) is 0 Å². The number of benzene rings is 1. The van der Waals surface area contributed by atoms with E-state index in [2.05, 4.69) is 5.16 Å². The van der Waals surface area contributed by atoms with Gasteiger partial charge in [-0.25, -0.2) is 0 Å². The van der Waals surface area contributed by atoms with Crippen LogP contribution < -0.4 is 15.2 Å². The minimum Gasteiger partial charge on any atom is -0.495 e. The van der Waals surface area contributed by atoms with Gasteiger partial charge in [0.05, 0.1) is 19.8 Å². The molecule has 0 saturated heterocycles. The van der Waals surface area contributed by atoms with E-state index in [9.17, 15) is 0 Å². The van der Waals surface area contributed by atoms with Crippen molar-refractivity contribution in [1.82, 2.24) is 5.16 Å². The van der Waals surface area contributed by atoms with E-state index in [0.29, 0.717) is 33.7 Å². The third kappa shape index (κ3) is 2.01. The summed E-state index contributed by atoms with van der Waals surface area (Å²) in [4.78, 5) is 0. The number of rotatable bonds is 3. The summed E-state index contributed by atoms with van der Waals surface area (Å²) in [6, 6.07) is 5.09. The predicted molar refractivity (Wildman–Crippen MR) is 64.5 cm³/mol. The molecular formula is C11H11ClN2O3. The summed E-state index contributed by atoms with van der Waals surface area (Å²) >= 11 is 6.13. The fourth-order valence-electron chi connectivity index (χ4n) is 1.51. The summed E-state index contributed by atoms with van der Waals surface area (Å²) in [6.45, 7) is 0. The lowest BCUT2D eigenvalue weighted by molar-refractivity contribution is 0.392. The fraction of sp³-hybridized carbons (Fsp3) is 0.182. The molecule has 0 amide bonds. The van der Waals surface area contributed by atoms with Crippen LogP contribution in [0.4, 0.5) is 5.82 Å². The molecule has 1 heterocycles. The third-order valence-corrected chi connectivity index (χ3v) is 2.64. The molecule has 1 aromatic carbocycles. The van der Waals surface area contributed by atoms with Gasteiger partial charge in [-0.05, 0) is 12.1 Å². The van der Waals surface area contributed by atoms with Gasteiger partial charge in [-0.15, -0.1) is 0 Å². The van der Waals surface area contributed by atoms with Crippen LogP contribution in [0.3, 0.4) is 0 Å². The quantitative estimate of drug-likeness (QED) is 0.912. The Balaban J connectivity index is 2.58. The number of hydrogen-bond acceptors (Lipinski definition) is 5. The van der Waals surface area contributed by atoms with E-state index in [1.165, 1.54) is 14.2 Å². The SMILES string of the molecule is COc1ccc(-c2cc(N)no2)c(OC)c1Cl. The highest BCUT2D eigenvalue weighted by Crippen LogP contribution is 2.41. The van der Waals surface area contributed by atoms with Crippen molar-refractivity contribution in [2.75, 3.05) is 20.0 Å². The first-order valence-electron chi connectivity index (χ1n) is 4.80. The van der Waals surface area contributed by atoms with Crippen molar-refractivity contribution in [3.63, 3.8) is 0 Å². The molecule has 6 heteroatoms. The van der Waals surface area contributed by atoms with Crippen LogP contribution in [-0.4, -0.2) is 19.4 Å². The lowest BCUT2D eigenvalue weighted by Gasteiger charge is -2.10.